The molecule has 5 heteroatoms. The molecule has 0 aromatic heterocycles. The van der Waals surface area contributed by atoms with Crippen molar-refractivity contribution < 1.29 is 9.53 Å². The summed E-state index contributed by atoms with van der Waals surface area (Å²) in [4.78, 5) is 17.4. The summed E-state index contributed by atoms with van der Waals surface area (Å²) >= 11 is 0. The molecule has 1 saturated heterocycles. The molecule has 0 unspecified atom stereocenters. The van der Waals surface area contributed by atoms with Gasteiger partial charge in [-0.25, -0.2) is 0 Å². The Kier molecular flexibility index (Phi) is 7.14. The Balaban J connectivity index is 1.50. The zero-order valence-electron chi connectivity index (χ0n) is 16.1. The Morgan fingerprint density at radius 2 is 1.72 bits per heavy atom. The van der Waals surface area contributed by atoms with Gasteiger partial charge in [-0.3, -0.25) is 14.6 Å². The molecule has 0 atom stereocenters. The zero-order valence-corrected chi connectivity index (χ0v) is 16.1. The van der Waals surface area contributed by atoms with Gasteiger partial charge >= 0.3 is 0 Å². The van der Waals surface area contributed by atoms with Crippen LogP contribution in [0.5, 0.6) is 0 Å². The maximum atomic E-state index is 12.6. The Morgan fingerprint density at radius 1 is 1.08 bits per heavy atom. The number of nitrogens with zero attached hydrogens (tertiary/aromatic N) is 2. The summed E-state index contributed by atoms with van der Waals surface area (Å²) in [5, 5.41) is 3.30. The topological polar surface area (TPSA) is 44.8 Å². The molecule has 3 fully saturated rings. The highest BCUT2D eigenvalue weighted by molar-refractivity contribution is 5.78. The van der Waals surface area contributed by atoms with Gasteiger partial charge in [0.05, 0.1) is 19.8 Å². The van der Waals surface area contributed by atoms with Crippen LogP contribution in [0, 0.1) is 0 Å². The fourth-order valence-electron chi connectivity index (χ4n) is 5.05. The molecule has 0 bridgehead atoms. The quantitative estimate of drug-likeness (QED) is 0.798. The first-order valence-electron chi connectivity index (χ1n) is 10.5. The highest BCUT2D eigenvalue weighted by atomic mass is 16.5. The van der Waals surface area contributed by atoms with Crippen molar-refractivity contribution in [2.24, 2.45) is 0 Å². The van der Waals surface area contributed by atoms with Gasteiger partial charge in [-0.1, -0.05) is 38.5 Å². The number of hydrogen-bond donors (Lipinski definition) is 1. The van der Waals surface area contributed by atoms with Crippen LogP contribution in [0.1, 0.15) is 64.2 Å². The molecule has 2 saturated carbocycles. The number of hydrogen-bond acceptors (Lipinski definition) is 4. The third-order valence-corrected chi connectivity index (χ3v) is 6.67. The van der Waals surface area contributed by atoms with Crippen LogP contribution < -0.4 is 5.32 Å². The first kappa shape index (κ1) is 19.1. The number of likely N-dealkylation sites (N-methyl/N-ethyl adjacent to an activating group) is 1. The van der Waals surface area contributed by atoms with Gasteiger partial charge in [0.1, 0.15) is 0 Å². The predicted octanol–water partition coefficient (Wildman–Crippen LogP) is 2.40. The summed E-state index contributed by atoms with van der Waals surface area (Å²) in [6, 6.07) is 0.599. The minimum absolute atomic E-state index is 0.168. The number of rotatable bonds is 6. The van der Waals surface area contributed by atoms with Crippen molar-refractivity contribution >= 4 is 5.91 Å². The molecule has 3 rings (SSSR count). The lowest BCUT2D eigenvalue weighted by atomic mass is 9.79. The normalized spacial score (nSPS) is 25.8. The molecule has 0 aromatic carbocycles. The monoisotopic (exact) mass is 351 g/mol. The second-order valence-corrected chi connectivity index (χ2v) is 8.37. The summed E-state index contributed by atoms with van der Waals surface area (Å²) in [6.45, 7) is 5.05. The smallest absolute Gasteiger partial charge is 0.234 e. The molecule has 0 spiro atoms. The van der Waals surface area contributed by atoms with Crippen LogP contribution in [-0.4, -0.2) is 73.7 Å². The number of amides is 1. The average Bonchev–Trinajstić information content (AvgIpc) is 2.68. The Labute approximate surface area is 153 Å². The summed E-state index contributed by atoms with van der Waals surface area (Å²) in [5.74, 6) is 0.200. The van der Waals surface area contributed by atoms with E-state index >= 15 is 0 Å². The van der Waals surface area contributed by atoms with E-state index in [9.17, 15) is 4.79 Å². The lowest BCUT2D eigenvalue weighted by molar-refractivity contribution is -0.123. The summed E-state index contributed by atoms with van der Waals surface area (Å²) in [5.41, 5.74) is 0.168. The maximum absolute atomic E-state index is 12.6. The number of morpholine rings is 1. The Morgan fingerprint density at radius 3 is 2.40 bits per heavy atom. The lowest BCUT2D eigenvalue weighted by Gasteiger charge is -2.48. The van der Waals surface area contributed by atoms with E-state index in [1.54, 1.807) is 0 Å². The maximum Gasteiger partial charge on any atom is 0.234 e. The van der Waals surface area contributed by atoms with E-state index in [0.29, 0.717) is 12.6 Å². The van der Waals surface area contributed by atoms with Gasteiger partial charge in [0.2, 0.25) is 5.91 Å². The van der Waals surface area contributed by atoms with E-state index in [4.69, 9.17) is 4.74 Å². The molecule has 2 aliphatic carbocycles. The standard InChI is InChI=1S/C20H37N3O2/c1-22(18-8-4-2-5-9-18)16-19(24)21-17-20(10-6-3-7-11-20)23-12-14-25-15-13-23/h18H,2-17H2,1H3,(H,21,24). The third-order valence-electron chi connectivity index (χ3n) is 6.67. The van der Waals surface area contributed by atoms with Crippen molar-refractivity contribution in [1.82, 2.24) is 15.1 Å². The number of carbonyl (C=O) groups excluding carboxylic acids is 1. The minimum Gasteiger partial charge on any atom is -0.379 e. The molecule has 0 aromatic rings. The molecule has 1 heterocycles. The van der Waals surface area contributed by atoms with Crippen LogP contribution in [0.4, 0.5) is 0 Å². The minimum atomic E-state index is 0.168. The van der Waals surface area contributed by atoms with Crippen LogP contribution in [0.3, 0.4) is 0 Å². The number of nitrogens with one attached hydrogen (secondary N) is 1. The van der Waals surface area contributed by atoms with Gasteiger partial charge in [-0.05, 0) is 32.7 Å². The summed E-state index contributed by atoms with van der Waals surface area (Å²) in [6.07, 6.45) is 12.8. The number of ether oxygens (including phenoxy) is 1. The van der Waals surface area contributed by atoms with Crippen LogP contribution >= 0.6 is 0 Å². The van der Waals surface area contributed by atoms with Crippen molar-refractivity contribution in [2.75, 3.05) is 46.4 Å². The van der Waals surface area contributed by atoms with Crippen LogP contribution in [0.15, 0.2) is 0 Å². The SMILES string of the molecule is CN(CC(=O)NCC1(N2CCOCC2)CCCCC1)C1CCCCC1. The van der Waals surface area contributed by atoms with Crippen molar-refractivity contribution in [3.63, 3.8) is 0 Å². The Hall–Kier alpha value is -0.650. The molecule has 1 amide bonds. The van der Waals surface area contributed by atoms with E-state index < -0.39 is 0 Å². The molecule has 5 nitrogen and oxygen atoms in total. The van der Waals surface area contributed by atoms with Gasteiger partial charge in [0.25, 0.3) is 0 Å². The largest absolute Gasteiger partial charge is 0.379 e. The molecule has 1 aliphatic heterocycles. The zero-order chi connectivity index (χ0) is 17.5. The van der Waals surface area contributed by atoms with Crippen molar-refractivity contribution in [1.29, 1.82) is 0 Å². The van der Waals surface area contributed by atoms with E-state index in [2.05, 4.69) is 22.2 Å². The van der Waals surface area contributed by atoms with Gasteiger partial charge in [-0.2, -0.15) is 0 Å². The lowest BCUT2D eigenvalue weighted by Crippen LogP contribution is -2.60. The van der Waals surface area contributed by atoms with Crippen LogP contribution in [0.2, 0.25) is 0 Å². The van der Waals surface area contributed by atoms with E-state index in [-0.39, 0.29) is 11.4 Å². The molecule has 0 radical (unpaired) electrons. The first-order valence-corrected chi connectivity index (χ1v) is 10.5. The predicted molar refractivity (Wildman–Crippen MR) is 101 cm³/mol. The van der Waals surface area contributed by atoms with Crippen molar-refractivity contribution in [3.05, 3.63) is 0 Å². The third kappa shape index (κ3) is 5.18. The second-order valence-electron chi connectivity index (χ2n) is 8.37. The second kappa shape index (κ2) is 9.33. The van der Waals surface area contributed by atoms with Crippen LogP contribution in [-0.2, 0) is 9.53 Å². The molecule has 1 N–H and O–H groups in total. The highest BCUT2D eigenvalue weighted by Gasteiger charge is 2.38. The van der Waals surface area contributed by atoms with Gasteiger partial charge in [-0.15, -0.1) is 0 Å². The fraction of sp³-hybridized carbons (Fsp3) is 0.950. The molecule has 3 aliphatic rings. The molecule has 25 heavy (non-hydrogen) atoms. The van der Waals surface area contributed by atoms with E-state index in [1.165, 1.54) is 64.2 Å². The molecule has 144 valence electrons. The summed E-state index contributed by atoms with van der Waals surface area (Å²) in [7, 11) is 2.12. The molecular formula is C20H37N3O2. The fourth-order valence-corrected chi connectivity index (χ4v) is 5.05. The van der Waals surface area contributed by atoms with Gasteiger partial charge in [0.15, 0.2) is 0 Å². The van der Waals surface area contributed by atoms with Crippen LogP contribution in [0.25, 0.3) is 0 Å². The van der Waals surface area contributed by atoms with Crippen molar-refractivity contribution in [3.8, 4) is 0 Å². The van der Waals surface area contributed by atoms with E-state index in [0.717, 1.165) is 32.8 Å². The molecular weight excluding hydrogens is 314 g/mol. The highest BCUT2D eigenvalue weighted by Crippen LogP contribution is 2.33. The summed E-state index contributed by atoms with van der Waals surface area (Å²) < 4.78 is 5.55. The van der Waals surface area contributed by atoms with Gasteiger partial charge < -0.3 is 10.1 Å². The van der Waals surface area contributed by atoms with Crippen molar-refractivity contribution in [2.45, 2.75) is 75.8 Å². The number of carbonyl (C=O) groups is 1. The van der Waals surface area contributed by atoms with E-state index in [1.807, 2.05) is 0 Å². The first-order chi connectivity index (χ1) is 12.2. The van der Waals surface area contributed by atoms with Gasteiger partial charge in [0, 0.05) is 31.2 Å². The Bertz CT molecular complexity index is 411. The average molecular weight is 352 g/mol.